The average molecular weight is 443 g/mol. The van der Waals surface area contributed by atoms with Crippen LogP contribution >= 0.6 is 0 Å². The summed E-state index contributed by atoms with van der Waals surface area (Å²) in [6, 6.07) is 15.4. The van der Waals surface area contributed by atoms with E-state index in [0.29, 0.717) is 16.6 Å². The van der Waals surface area contributed by atoms with Crippen LogP contribution in [0.25, 0.3) is 21.8 Å². The van der Waals surface area contributed by atoms with Crippen LogP contribution in [-0.2, 0) is 16.4 Å². The number of aromatic amines is 1. The molecule has 0 unspecified atom stereocenters. The summed E-state index contributed by atoms with van der Waals surface area (Å²) in [6.07, 6.45) is 6.09. The molecule has 0 aliphatic rings. The van der Waals surface area contributed by atoms with Crippen molar-refractivity contribution in [3.8, 4) is 0 Å². The molecule has 158 valence electrons. The Labute approximate surface area is 183 Å². The molecule has 0 aliphatic heterocycles. The summed E-state index contributed by atoms with van der Waals surface area (Å²) in [6.45, 7) is 0.248. The van der Waals surface area contributed by atoms with E-state index in [9.17, 15) is 13.2 Å². The van der Waals surface area contributed by atoms with Crippen LogP contribution in [0, 0.1) is 0 Å². The summed E-state index contributed by atoms with van der Waals surface area (Å²) in [5.74, 6) is -0.279. The van der Waals surface area contributed by atoms with Crippen LogP contribution in [0.3, 0.4) is 0 Å². The van der Waals surface area contributed by atoms with Crippen LogP contribution in [0.15, 0.2) is 89.2 Å². The standard InChI is InChI=1S/C23H17N5O3S/c29-23(18-9-17-13-27-28-22(17)25-12-18)26-10-15-5-7-19(8-6-15)32(30,31)21-14-24-11-16-3-1-2-4-20(16)21/h1-9,11-14H,10H2,(H,26,29)(H,25,27,28). The Morgan fingerprint density at radius 1 is 0.938 bits per heavy atom. The molecule has 0 atom stereocenters. The van der Waals surface area contributed by atoms with Crippen LogP contribution in [0.2, 0.25) is 0 Å². The number of benzene rings is 2. The van der Waals surface area contributed by atoms with Gasteiger partial charge < -0.3 is 5.32 Å². The molecule has 9 heteroatoms. The molecule has 3 heterocycles. The predicted octanol–water partition coefficient (Wildman–Crippen LogP) is 3.27. The zero-order valence-corrected chi connectivity index (χ0v) is 17.5. The first kappa shape index (κ1) is 19.8. The molecule has 0 bridgehead atoms. The van der Waals surface area contributed by atoms with Crippen molar-refractivity contribution in [3.05, 3.63) is 90.5 Å². The predicted molar refractivity (Wildman–Crippen MR) is 119 cm³/mol. The monoisotopic (exact) mass is 443 g/mol. The van der Waals surface area contributed by atoms with Crippen molar-refractivity contribution >= 4 is 37.6 Å². The first-order valence-electron chi connectivity index (χ1n) is 9.76. The summed E-state index contributed by atoms with van der Waals surface area (Å²) >= 11 is 0. The number of hydrogen-bond acceptors (Lipinski definition) is 6. The number of aromatic nitrogens is 4. The van der Waals surface area contributed by atoms with Crippen LogP contribution in [-0.4, -0.2) is 34.5 Å². The molecular weight excluding hydrogens is 426 g/mol. The second-order valence-electron chi connectivity index (χ2n) is 7.22. The van der Waals surface area contributed by atoms with Gasteiger partial charge in [0.1, 0.15) is 0 Å². The molecule has 32 heavy (non-hydrogen) atoms. The first-order chi connectivity index (χ1) is 15.5. The lowest BCUT2D eigenvalue weighted by Crippen LogP contribution is -2.22. The fourth-order valence-corrected chi connectivity index (χ4v) is 4.88. The lowest BCUT2D eigenvalue weighted by atomic mass is 10.2. The molecule has 3 aromatic heterocycles. The lowest BCUT2D eigenvalue weighted by Gasteiger charge is -2.09. The van der Waals surface area contributed by atoms with E-state index in [1.807, 2.05) is 12.1 Å². The van der Waals surface area contributed by atoms with Gasteiger partial charge in [0, 0.05) is 41.3 Å². The third kappa shape index (κ3) is 3.58. The smallest absolute Gasteiger partial charge is 0.253 e. The Balaban J connectivity index is 1.34. The number of H-pyrrole nitrogens is 1. The molecule has 0 spiro atoms. The molecule has 0 aliphatic carbocycles. The number of nitrogens with one attached hydrogen (secondary N) is 2. The van der Waals surface area contributed by atoms with Crippen molar-refractivity contribution in [1.82, 2.24) is 25.5 Å². The zero-order valence-electron chi connectivity index (χ0n) is 16.7. The number of amides is 1. The second kappa shape index (κ2) is 7.86. The summed E-state index contributed by atoms with van der Waals surface area (Å²) in [5.41, 5.74) is 1.80. The Bertz CT molecular complexity index is 1550. The van der Waals surface area contributed by atoms with Crippen molar-refractivity contribution in [2.45, 2.75) is 16.3 Å². The van der Waals surface area contributed by atoms with Crippen molar-refractivity contribution in [2.75, 3.05) is 0 Å². The maximum atomic E-state index is 13.2. The number of fused-ring (bicyclic) bond motifs is 2. The number of carbonyl (C=O) groups is 1. The quantitative estimate of drug-likeness (QED) is 0.430. The van der Waals surface area contributed by atoms with Crippen LogP contribution in [0.4, 0.5) is 0 Å². The van der Waals surface area contributed by atoms with Crippen LogP contribution in [0.1, 0.15) is 15.9 Å². The Morgan fingerprint density at radius 3 is 2.59 bits per heavy atom. The van der Waals surface area contributed by atoms with E-state index in [1.165, 1.54) is 24.5 Å². The van der Waals surface area contributed by atoms with Gasteiger partial charge >= 0.3 is 0 Å². The van der Waals surface area contributed by atoms with Gasteiger partial charge in [0.2, 0.25) is 9.84 Å². The van der Waals surface area contributed by atoms with Gasteiger partial charge in [0.05, 0.1) is 21.6 Å². The number of hydrogen-bond donors (Lipinski definition) is 2. The van der Waals surface area contributed by atoms with Gasteiger partial charge in [-0.3, -0.25) is 14.9 Å². The van der Waals surface area contributed by atoms with Gasteiger partial charge in [0.25, 0.3) is 5.91 Å². The molecule has 0 radical (unpaired) electrons. The number of carbonyl (C=O) groups excluding carboxylic acids is 1. The Morgan fingerprint density at radius 2 is 1.75 bits per heavy atom. The van der Waals surface area contributed by atoms with Gasteiger partial charge in [-0.2, -0.15) is 5.10 Å². The number of nitrogens with zero attached hydrogens (tertiary/aromatic N) is 3. The highest BCUT2D eigenvalue weighted by Gasteiger charge is 2.20. The van der Waals surface area contributed by atoms with Crippen molar-refractivity contribution in [3.63, 3.8) is 0 Å². The minimum atomic E-state index is -3.74. The second-order valence-corrected chi connectivity index (χ2v) is 9.14. The van der Waals surface area contributed by atoms with E-state index in [4.69, 9.17) is 0 Å². The topological polar surface area (TPSA) is 118 Å². The minimum Gasteiger partial charge on any atom is -0.348 e. The largest absolute Gasteiger partial charge is 0.348 e. The summed E-state index contributed by atoms with van der Waals surface area (Å²) in [7, 11) is -3.74. The Kier molecular flexibility index (Phi) is 4.87. The van der Waals surface area contributed by atoms with E-state index in [-0.39, 0.29) is 22.2 Å². The first-order valence-corrected chi connectivity index (χ1v) is 11.2. The lowest BCUT2D eigenvalue weighted by molar-refractivity contribution is 0.0950. The number of pyridine rings is 2. The highest BCUT2D eigenvalue weighted by Crippen LogP contribution is 2.27. The van der Waals surface area contributed by atoms with E-state index >= 15 is 0 Å². The van der Waals surface area contributed by atoms with Gasteiger partial charge in [-0.1, -0.05) is 36.4 Å². The van der Waals surface area contributed by atoms with Crippen molar-refractivity contribution in [2.24, 2.45) is 0 Å². The SMILES string of the molecule is O=C(NCc1ccc(S(=O)(=O)c2cncc3ccccc23)cc1)c1cnc2[nH]ncc2c1. The van der Waals surface area contributed by atoms with Gasteiger partial charge in [0.15, 0.2) is 5.65 Å². The van der Waals surface area contributed by atoms with E-state index in [1.54, 1.807) is 42.7 Å². The third-order valence-corrected chi connectivity index (χ3v) is 6.96. The van der Waals surface area contributed by atoms with Gasteiger partial charge in [-0.15, -0.1) is 0 Å². The Hall–Kier alpha value is -4.11. The van der Waals surface area contributed by atoms with E-state index < -0.39 is 9.84 Å². The van der Waals surface area contributed by atoms with Crippen molar-refractivity contribution < 1.29 is 13.2 Å². The van der Waals surface area contributed by atoms with Crippen LogP contribution in [0.5, 0.6) is 0 Å². The summed E-state index contributed by atoms with van der Waals surface area (Å²) in [4.78, 5) is 21.0. The van der Waals surface area contributed by atoms with Crippen molar-refractivity contribution in [1.29, 1.82) is 0 Å². The summed E-state index contributed by atoms with van der Waals surface area (Å²) < 4.78 is 26.3. The van der Waals surface area contributed by atoms with E-state index in [0.717, 1.165) is 16.3 Å². The molecule has 2 aromatic carbocycles. The normalized spacial score (nSPS) is 11.6. The maximum absolute atomic E-state index is 13.2. The van der Waals surface area contributed by atoms with E-state index in [2.05, 4.69) is 25.5 Å². The summed E-state index contributed by atoms with van der Waals surface area (Å²) in [5, 5.41) is 11.6. The van der Waals surface area contributed by atoms with Crippen LogP contribution < -0.4 is 5.32 Å². The molecule has 5 aromatic rings. The molecule has 0 saturated heterocycles. The van der Waals surface area contributed by atoms with Gasteiger partial charge in [-0.05, 0) is 23.8 Å². The highest BCUT2D eigenvalue weighted by molar-refractivity contribution is 7.91. The molecule has 5 rings (SSSR count). The minimum absolute atomic E-state index is 0.166. The average Bonchev–Trinajstić information content (AvgIpc) is 3.30. The molecule has 8 nitrogen and oxygen atoms in total. The maximum Gasteiger partial charge on any atom is 0.253 e. The molecule has 1 amide bonds. The fourth-order valence-electron chi connectivity index (χ4n) is 3.46. The molecule has 0 saturated carbocycles. The molecule has 0 fully saturated rings. The molecule has 2 N–H and O–H groups in total. The fraction of sp³-hybridized carbons (Fsp3) is 0.0435. The molecular formula is C23H17N5O3S. The number of sulfone groups is 1. The third-order valence-electron chi connectivity index (χ3n) is 5.16. The number of rotatable bonds is 5. The zero-order chi connectivity index (χ0) is 22.1. The highest BCUT2D eigenvalue weighted by atomic mass is 32.2. The van der Waals surface area contributed by atoms with Gasteiger partial charge in [-0.25, -0.2) is 13.4 Å².